The molecule has 33 heavy (non-hydrogen) atoms. The molecular weight excluding hydrogens is 423 g/mol. The highest BCUT2D eigenvalue weighted by Gasteiger charge is 2.39. The fourth-order valence-electron chi connectivity index (χ4n) is 3.70. The van der Waals surface area contributed by atoms with Gasteiger partial charge in [-0.2, -0.15) is 0 Å². The Hall–Kier alpha value is -4.13. The molecule has 2 amide bonds. The number of carbonyl (C=O) groups is 2. The Morgan fingerprint density at radius 3 is 2.21 bits per heavy atom. The highest BCUT2D eigenvalue weighted by atomic mass is 19.1. The van der Waals surface area contributed by atoms with E-state index in [4.69, 9.17) is 9.47 Å². The van der Waals surface area contributed by atoms with Crippen molar-refractivity contribution in [2.75, 3.05) is 26.1 Å². The summed E-state index contributed by atoms with van der Waals surface area (Å²) in [5.74, 6) is -0.0426. The summed E-state index contributed by atoms with van der Waals surface area (Å²) in [6.45, 7) is 0.200. The van der Waals surface area contributed by atoms with E-state index in [0.717, 1.165) is 11.3 Å². The SMILES string of the molecule is COc1ccc(CCN2C(=O)C(Nc3ccccc3OC)=C(c3ccc(F)cc3)C2=O)cc1. The van der Waals surface area contributed by atoms with Crippen LogP contribution in [-0.2, 0) is 16.0 Å². The van der Waals surface area contributed by atoms with Gasteiger partial charge in [0.2, 0.25) is 0 Å². The molecule has 0 saturated carbocycles. The molecule has 1 N–H and O–H groups in total. The average molecular weight is 446 g/mol. The molecule has 0 unspecified atom stereocenters. The van der Waals surface area contributed by atoms with Crippen LogP contribution in [0.15, 0.2) is 78.5 Å². The molecular formula is C26H23FN2O4. The molecule has 7 heteroatoms. The summed E-state index contributed by atoms with van der Waals surface area (Å²) in [5.41, 5.74) is 2.30. The molecule has 1 aliphatic heterocycles. The highest BCUT2D eigenvalue weighted by molar-refractivity contribution is 6.36. The molecule has 0 fully saturated rings. The van der Waals surface area contributed by atoms with Crippen LogP contribution in [0.1, 0.15) is 11.1 Å². The Bertz CT molecular complexity index is 1200. The van der Waals surface area contributed by atoms with Crippen molar-refractivity contribution < 1.29 is 23.5 Å². The van der Waals surface area contributed by atoms with E-state index in [2.05, 4.69) is 5.32 Å². The lowest BCUT2D eigenvalue weighted by atomic mass is 10.0. The number of imide groups is 1. The van der Waals surface area contributed by atoms with Crippen molar-refractivity contribution in [3.05, 3.63) is 95.4 Å². The summed E-state index contributed by atoms with van der Waals surface area (Å²) < 4.78 is 24.1. The van der Waals surface area contributed by atoms with Gasteiger partial charge in [-0.25, -0.2) is 4.39 Å². The normalized spacial score (nSPS) is 13.5. The number of benzene rings is 3. The number of amides is 2. The van der Waals surface area contributed by atoms with Crippen molar-refractivity contribution in [3.63, 3.8) is 0 Å². The maximum Gasteiger partial charge on any atom is 0.278 e. The molecule has 0 aliphatic carbocycles. The summed E-state index contributed by atoms with van der Waals surface area (Å²) in [4.78, 5) is 27.9. The number of hydrogen-bond donors (Lipinski definition) is 1. The van der Waals surface area contributed by atoms with Crippen LogP contribution < -0.4 is 14.8 Å². The molecule has 168 valence electrons. The number of carbonyl (C=O) groups excluding carboxylic acids is 2. The van der Waals surface area contributed by atoms with Gasteiger partial charge in [0.05, 0.1) is 25.5 Å². The predicted molar refractivity (Wildman–Crippen MR) is 123 cm³/mol. The number of rotatable bonds is 8. The van der Waals surface area contributed by atoms with Crippen LogP contribution in [-0.4, -0.2) is 37.5 Å². The first-order valence-electron chi connectivity index (χ1n) is 10.4. The fourth-order valence-corrected chi connectivity index (χ4v) is 3.70. The van der Waals surface area contributed by atoms with Gasteiger partial charge >= 0.3 is 0 Å². The Morgan fingerprint density at radius 1 is 0.848 bits per heavy atom. The van der Waals surface area contributed by atoms with Crippen molar-refractivity contribution in [3.8, 4) is 11.5 Å². The van der Waals surface area contributed by atoms with Gasteiger partial charge < -0.3 is 14.8 Å². The zero-order valence-corrected chi connectivity index (χ0v) is 18.3. The van der Waals surface area contributed by atoms with Crippen molar-refractivity contribution in [1.29, 1.82) is 0 Å². The van der Waals surface area contributed by atoms with E-state index < -0.39 is 17.6 Å². The number of hydrogen-bond acceptors (Lipinski definition) is 5. The second-order valence-corrected chi connectivity index (χ2v) is 7.44. The van der Waals surface area contributed by atoms with Crippen LogP contribution in [0.4, 0.5) is 10.1 Å². The summed E-state index contributed by atoms with van der Waals surface area (Å²) in [7, 11) is 3.12. The zero-order valence-electron chi connectivity index (χ0n) is 18.3. The lowest BCUT2D eigenvalue weighted by molar-refractivity contribution is -0.136. The smallest absolute Gasteiger partial charge is 0.278 e. The second-order valence-electron chi connectivity index (χ2n) is 7.44. The van der Waals surface area contributed by atoms with Gasteiger partial charge in [-0.1, -0.05) is 36.4 Å². The minimum atomic E-state index is -0.446. The van der Waals surface area contributed by atoms with E-state index >= 15 is 0 Å². The molecule has 0 saturated heterocycles. The Morgan fingerprint density at radius 2 is 1.55 bits per heavy atom. The van der Waals surface area contributed by atoms with Gasteiger partial charge in [-0.3, -0.25) is 14.5 Å². The Labute approximate surface area is 191 Å². The second kappa shape index (κ2) is 9.56. The average Bonchev–Trinajstić information content (AvgIpc) is 3.07. The monoisotopic (exact) mass is 446 g/mol. The molecule has 0 bridgehead atoms. The Kier molecular flexibility index (Phi) is 6.40. The lowest BCUT2D eigenvalue weighted by Gasteiger charge is -2.16. The number of ether oxygens (including phenoxy) is 2. The number of nitrogens with zero attached hydrogens (tertiary/aromatic N) is 1. The number of halogens is 1. The molecule has 1 heterocycles. The van der Waals surface area contributed by atoms with Crippen LogP contribution in [0.25, 0.3) is 5.57 Å². The first-order chi connectivity index (χ1) is 16.0. The molecule has 0 atom stereocenters. The van der Waals surface area contributed by atoms with E-state index in [9.17, 15) is 14.0 Å². The number of anilines is 1. The molecule has 0 aromatic heterocycles. The Balaban J connectivity index is 1.65. The highest BCUT2D eigenvalue weighted by Crippen LogP contribution is 2.33. The van der Waals surface area contributed by atoms with Crippen LogP contribution >= 0.6 is 0 Å². The van der Waals surface area contributed by atoms with Crippen LogP contribution in [0.2, 0.25) is 0 Å². The van der Waals surface area contributed by atoms with Gasteiger partial charge in [0, 0.05) is 6.54 Å². The van der Waals surface area contributed by atoms with Crippen LogP contribution in [0.3, 0.4) is 0 Å². The van der Waals surface area contributed by atoms with Crippen LogP contribution in [0, 0.1) is 5.82 Å². The van der Waals surface area contributed by atoms with Gasteiger partial charge in [0.25, 0.3) is 11.8 Å². The molecule has 1 aliphatic rings. The third-order valence-corrected chi connectivity index (χ3v) is 5.45. The first-order valence-corrected chi connectivity index (χ1v) is 10.4. The largest absolute Gasteiger partial charge is 0.497 e. The van der Waals surface area contributed by atoms with Crippen molar-refractivity contribution in [2.24, 2.45) is 0 Å². The molecule has 0 spiro atoms. The maximum atomic E-state index is 13.5. The topological polar surface area (TPSA) is 67.9 Å². The predicted octanol–water partition coefficient (Wildman–Crippen LogP) is 4.28. The quantitative estimate of drug-likeness (QED) is 0.523. The van der Waals surface area contributed by atoms with Crippen molar-refractivity contribution >= 4 is 23.1 Å². The van der Waals surface area contributed by atoms with Gasteiger partial charge in [-0.05, 0) is 53.9 Å². The van der Waals surface area contributed by atoms with Crippen molar-refractivity contribution in [1.82, 2.24) is 4.90 Å². The van der Waals surface area contributed by atoms with E-state index in [0.29, 0.717) is 23.4 Å². The number of methoxy groups -OCH3 is 2. The van der Waals surface area contributed by atoms with Gasteiger partial charge in [0.1, 0.15) is 23.0 Å². The molecule has 4 rings (SSSR count). The number of para-hydroxylation sites is 2. The fraction of sp³-hybridized carbons (Fsp3) is 0.154. The minimum absolute atomic E-state index is 0.130. The summed E-state index contributed by atoms with van der Waals surface area (Å²) in [6, 6.07) is 20.1. The molecule has 3 aromatic carbocycles. The van der Waals surface area contributed by atoms with E-state index in [1.807, 2.05) is 30.3 Å². The van der Waals surface area contributed by atoms with E-state index in [1.54, 1.807) is 25.3 Å². The lowest BCUT2D eigenvalue weighted by Crippen LogP contribution is -2.34. The third-order valence-electron chi connectivity index (χ3n) is 5.45. The van der Waals surface area contributed by atoms with E-state index in [1.165, 1.54) is 36.3 Å². The maximum absolute atomic E-state index is 13.5. The van der Waals surface area contributed by atoms with E-state index in [-0.39, 0.29) is 17.8 Å². The summed E-state index contributed by atoms with van der Waals surface area (Å²) in [5, 5.41) is 3.08. The standard InChI is InChI=1S/C26H23FN2O4/c1-32-20-13-7-17(8-14-20)15-16-29-25(30)23(18-9-11-19(27)12-10-18)24(26(29)31)28-21-5-3-4-6-22(21)33-2/h3-14,28H,15-16H2,1-2H3. The summed E-state index contributed by atoms with van der Waals surface area (Å²) >= 11 is 0. The van der Waals surface area contributed by atoms with Gasteiger partial charge in [0.15, 0.2) is 0 Å². The first kappa shape index (κ1) is 22.1. The van der Waals surface area contributed by atoms with Gasteiger partial charge in [-0.15, -0.1) is 0 Å². The molecule has 6 nitrogen and oxygen atoms in total. The van der Waals surface area contributed by atoms with Crippen molar-refractivity contribution in [2.45, 2.75) is 6.42 Å². The molecule has 0 radical (unpaired) electrons. The third kappa shape index (κ3) is 4.57. The zero-order chi connectivity index (χ0) is 23.4. The summed E-state index contributed by atoms with van der Waals surface area (Å²) in [6.07, 6.45) is 0.486. The number of nitrogens with one attached hydrogen (secondary N) is 1. The molecule has 3 aromatic rings. The minimum Gasteiger partial charge on any atom is -0.497 e. The van der Waals surface area contributed by atoms with Crippen LogP contribution in [0.5, 0.6) is 11.5 Å².